The van der Waals surface area contributed by atoms with E-state index >= 15 is 0 Å². The predicted octanol–water partition coefficient (Wildman–Crippen LogP) is 4.07. The van der Waals surface area contributed by atoms with Crippen molar-refractivity contribution in [3.63, 3.8) is 0 Å². The normalized spacial score (nSPS) is 33.3. The quantitative estimate of drug-likeness (QED) is 0.307. The second kappa shape index (κ2) is 8.85. The summed E-state index contributed by atoms with van der Waals surface area (Å²) in [7, 11) is 0. The molecule has 0 radical (unpaired) electrons. The van der Waals surface area contributed by atoms with Crippen molar-refractivity contribution in [1.82, 2.24) is 0 Å². The van der Waals surface area contributed by atoms with E-state index in [0.717, 1.165) is 38.5 Å². The second-order valence-electron chi connectivity index (χ2n) is 9.62. The molecule has 9 heteroatoms. The maximum atomic E-state index is 11.1. The van der Waals surface area contributed by atoms with Crippen LogP contribution in [-0.4, -0.2) is 29.4 Å². The van der Waals surface area contributed by atoms with Gasteiger partial charge in [0.25, 0.3) is 10.2 Å². The van der Waals surface area contributed by atoms with E-state index in [9.17, 15) is 20.2 Å². The number of hydrogen-bond acceptors (Lipinski definition) is 7. The van der Waals surface area contributed by atoms with Gasteiger partial charge in [0.05, 0.1) is 0 Å². The number of allylic oxidation sites excluding steroid dienone is 2. The first-order valence-electron chi connectivity index (χ1n) is 10.5. The van der Waals surface area contributed by atoms with E-state index in [1.54, 1.807) is 0 Å². The van der Waals surface area contributed by atoms with Gasteiger partial charge in [0, 0.05) is 0 Å². The van der Waals surface area contributed by atoms with Crippen LogP contribution < -0.4 is 5.73 Å². The lowest BCUT2D eigenvalue weighted by Gasteiger charge is -2.56. The smallest absolute Gasteiger partial charge is 0.294 e. The van der Waals surface area contributed by atoms with Crippen molar-refractivity contribution in [3.05, 3.63) is 31.9 Å². The molecular weight excluding hydrogens is 378 g/mol. The molecule has 0 saturated heterocycles. The molecule has 9 nitrogen and oxygen atoms in total. The molecule has 5 unspecified atom stereocenters. The summed E-state index contributed by atoms with van der Waals surface area (Å²) in [5.74, 6) is -0.286. The molecule has 0 aromatic rings. The van der Waals surface area contributed by atoms with E-state index < -0.39 is 22.9 Å². The zero-order valence-electron chi connectivity index (χ0n) is 18.0. The van der Waals surface area contributed by atoms with E-state index in [-0.39, 0.29) is 22.2 Å². The number of nitrogens with two attached hydrogens (primary N) is 1. The van der Waals surface area contributed by atoms with E-state index in [2.05, 4.69) is 31.7 Å². The Morgan fingerprint density at radius 3 is 2.38 bits per heavy atom. The molecule has 2 bridgehead atoms. The maximum absolute atomic E-state index is 11.1. The summed E-state index contributed by atoms with van der Waals surface area (Å²) >= 11 is 0. The first-order valence-corrected chi connectivity index (χ1v) is 10.5. The molecule has 0 aliphatic heterocycles. The second-order valence-corrected chi connectivity index (χ2v) is 9.62. The zero-order valence-corrected chi connectivity index (χ0v) is 18.0. The lowest BCUT2D eigenvalue weighted by Crippen LogP contribution is -2.49. The number of fused-ring (bicyclic) bond motifs is 2. The lowest BCUT2D eigenvalue weighted by molar-refractivity contribution is -0.792. The molecule has 29 heavy (non-hydrogen) atoms. The average molecular weight is 414 g/mol. The average Bonchev–Trinajstić information content (AvgIpc) is 2.58. The molecule has 2 aliphatic rings. The van der Waals surface area contributed by atoms with Gasteiger partial charge in [-0.05, 0) is 60.8 Å². The molecule has 0 heterocycles. The Hall–Kier alpha value is -1.90. The summed E-state index contributed by atoms with van der Waals surface area (Å²) in [5, 5.41) is 20.0. The van der Waals surface area contributed by atoms with Crippen LogP contribution in [0.15, 0.2) is 11.6 Å². The molecule has 0 aromatic carbocycles. The van der Waals surface area contributed by atoms with Gasteiger partial charge in [-0.25, -0.2) is 0 Å². The van der Waals surface area contributed by atoms with Crippen LogP contribution in [-0.2, 0) is 9.68 Å². The third kappa shape index (κ3) is 5.38. The highest BCUT2D eigenvalue weighted by atomic mass is 17.0. The van der Waals surface area contributed by atoms with Crippen LogP contribution in [0.25, 0.3) is 0 Å². The first kappa shape index (κ1) is 23.4. The molecular formula is C20H35N3O6. The summed E-state index contributed by atoms with van der Waals surface area (Å²) in [5.41, 5.74) is 7.26. The molecule has 0 spiro atoms. The number of nitrogens with zero attached hydrogens (tertiary/aromatic N) is 2. The van der Waals surface area contributed by atoms with E-state index in [0.29, 0.717) is 13.0 Å². The summed E-state index contributed by atoms with van der Waals surface area (Å²) in [6.07, 6.45) is 7.77. The van der Waals surface area contributed by atoms with Crippen molar-refractivity contribution >= 4 is 0 Å². The van der Waals surface area contributed by atoms with Crippen LogP contribution >= 0.6 is 0 Å². The third-order valence-electron chi connectivity index (χ3n) is 7.18. The van der Waals surface area contributed by atoms with Crippen LogP contribution in [0.4, 0.5) is 0 Å². The van der Waals surface area contributed by atoms with Crippen LogP contribution in [0.3, 0.4) is 0 Å². The topological polar surface area (TPSA) is 131 Å². The van der Waals surface area contributed by atoms with Gasteiger partial charge in [0.2, 0.25) is 0 Å². The fourth-order valence-electron chi connectivity index (χ4n) is 6.35. The van der Waals surface area contributed by atoms with Crippen molar-refractivity contribution in [3.8, 4) is 0 Å². The summed E-state index contributed by atoms with van der Waals surface area (Å²) in [4.78, 5) is 31.1. The Balaban J connectivity index is 2.41. The fraction of sp³-hybridized carbons (Fsp3) is 0.900. The van der Waals surface area contributed by atoms with Gasteiger partial charge in [-0.2, -0.15) is 0 Å². The van der Waals surface area contributed by atoms with E-state index in [4.69, 9.17) is 10.6 Å². The molecule has 0 amide bonds. The SMILES string of the molecule is CCC(C(CO[N+](=O)[O-])O[N+](=O)[O-])C1(C)C=C2CC(C)(CC)CC(CCN)(C2)C1. The van der Waals surface area contributed by atoms with Gasteiger partial charge < -0.3 is 15.4 Å². The Morgan fingerprint density at radius 2 is 1.86 bits per heavy atom. The first-order chi connectivity index (χ1) is 13.5. The molecule has 5 atom stereocenters. The minimum atomic E-state index is -1.01. The van der Waals surface area contributed by atoms with Crippen LogP contribution in [0.2, 0.25) is 0 Å². The molecule has 1 fully saturated rings. The van der Waals surface area contributed by atoms with Crippen LogP contribution in [0.1, 0.15) is 72.6 Å². The number of hydrogen-bond donors (Lipinski definition) is 1. The van der Waals surface area contributed by atoms with Gasteiger partial charge in [-0.1, -0.05) is 52.2 Å². The molecule has 0 aromatic heterocycles. The van der Waals surface area contributed by atoms with Gasteiger partial charge >= 0.3 is 0 Å². The predicted molar refractivity (Wildman–Crippen MR) is 108 cm³/mol. The van der Waals surface area contributed by atoms with Crippen molar-refractivity contribution < 1.29 is 19.8 Å². The molecule has 1 saturated carbocycles. The van der Waals surface area contributed by atoms with Crippen molar-refractivity contribution in [2.75, 3.05) is 13.2 Å². The largest absolute Gasteiger partial charge is 0.330 e. The van der Waals surface area contributed by atoms with Gasteiger partial charge in [-0.15, -0.1) is 20.2 Å². The Morgan fingerprint density at radius 1 is 1.17 bits per heavy atom. The Bertz CT molecular complexity index is 656. The van der Waals surface area contributed by atoms with Gasteiger partial charge in [0.15, 0.2) is 0 Å². The highest BCUT2D eigenvalue weighted by molar-refractivity contribution is 5.24. The fourth-order valence-corrected chi connectivity index (χ4v) is 6.35. The lowest BCUT2D eigenvalue weighted by atomic mass is 9.49. The minimum Gasteiger partial charge on any atom is -0.330 e. The van der Waals surface area contributed by atoms with Crippen molar-refractivity contribution in [2.24, 2.45) is 27.9 Å². The van der Waals surface area contributed by atoms with Gasteiger partial charge in [0.1, 0.15) is 12.7 Å². The van der Waals surface area contributed by atoms with Crippen molar-refractivity contribution in [1.29, 1.82) is 0 Å². The number of rotatable bonds is 11. The molecule has 2 rings (SSSR count). The summed E-state index contributed by atoms with van der Waals surface area (Å²) in [6, 6.07) is 0. The zero-order chi connectivity index (χ0) is 21.9. The third-order valence-corrected chi connectivity index (χ3v) is 7.18. The summed E-state index contributed by atoms with van der Waals surface area (Å²) < 4.78 is 0. The standard InChI is InChI=1S/C20H35N3O6/c1-5-16(17(29-23(26)27)12-28-22(24)25)19(4)10-15-9-18(3,6-2)13-20(11-15,14-19)7-8-21/h10,16-17H,5-9,11-14,21H2,1-4H3. The molecule has 2 N–H and O–H groups in total. The highest BCUT2D eigenvalue weighted by Crippen LogP contribution is 2.62. The maximum Gasteiger partial charge on any atom is 0.294 e. The van der Waals surface area contributed by atoms with Crippen LogP contribution in [0, 0.1) is 42.4 Å². The Labute approximate surface area is 172 Å². The van der Waals surface area contributed by atoms with E-state index in [1.807, 2.05) is 6.92 Å². The minimum absolute atomic E-state index is 0.0488. The monoisotopic (exact) mass is 413 g/mol. The molecule has 2 aliphatic carbocycles. The summed E-state index contributed by atoms with van der Waals surface area (Å²) in [6.45, 7) is 8.73. The molecule has 166 valence electrons. The van der Waals surface area contributed by atoms with Crippen LogP contribution in [0.5, 0.6) is 0 Å². The van der Waals surface area contributed by atoms with E-state index in [1.165, 1.54) is 5.57 Å². The van der Waals surface area contributed by atoms with Crippen molar-refractivity contribution in [2.45, 2.75) is 78.7 Å². The van der Waals surface area contributed by atoms with Gasteiger partial charge in [-0.3, -0.25) is 0 Å². The highest BCUT2D eigenvalue weighted by Gasteiger charge is 2.52. The Kier molecular flexibility index (Phi) is 7.14.